The van der Waals surface area contributed by atoms with Gasteiger partial charge in [0.15, 0.2) is 15.8 Å². The number of carboxylic acid groups (broad SMARTS) is 1. The van der Waals surface area contributed by atoms with E-state index < -0.39 is 44.4 Å². The van der Waals surface area contributed by atoms with Gasteiger partial charge in [-0.15, -0.1) is 0 Å². The Morgan fingerprint density at radius 3 is 2.32 bits per heavy atom. The van der Waals surface area contributed by atoms with Gasteiger partial charge in [0.2, 0.25) is 0 Å². The zero-order valence-electron chi connectivity index (χ0n) is 9.19. The zero-order chi connectivity index (χ0) is 14.8. The summed E-state index contributed by atoms with van der Waals surface area (Å²) in [5, 5.41) is 8.42. The highest BCUT2D eigenvalue weighted by molar-refractivity contribution is 7.91. The molecule has 0 fully saturated rings. The minimum Gasteiger partial charge on any atom is -0.481 e. The summed E-state index contributed by atoms with van der Waals surface area (Å²) in [6.07, 6.45) is -5.20. The second-order valence-corrected chi connectivity index (χ2v) is 5.71. The highest BCUT2D eigenvalue weighted by Gasteiger charge is 2.47. The lowest BCUT2D eigenvalue weighted by Gasteiger charge is -2.16. The lowest BCUT2D eigenvalue weighted by atomic mass is 10.2. The molecule has 1 unspecified atom stereocenters. The van der Waals surface area contributed by atoms with E-state index in [1.54, 1.807) is 0 Å². The molecule has 106 valence electrons. The maximum Gasteiger partial charge on any atom is 0.403 e. The quantitative estimate of drug-likeness (QED) is 0.862. The van der Waals surface area contributed by atoms with E-state index in [2.05, 4.69) is 0 Å². The lowest BCUT2D eigenvalue weighted by Crippen LogP contribution is -2.36. The Kier molecular flexibility index (Phi) is 4.18. The molecule has 1 atom stereocenters. The van der Waals surface area contributed by atoms with Gasteiger partial charge in [-0.25, -0.2) is 12.8 Å². The normalized spacial score (nSPS) is 14.1. The van der Waals surface area contributed by atoms with Gasteiger partial charge in [-0.1, -0.05) is 6.07 Å². The number of alkyl halides is 3. The van der Waals surface area contributed by atoms with Crippen molar-refractivity contribution in [2.24, 2.45) is 5.92 Å². The van der Waals surface area contributed by atoms with E-state index in [9.17, 15) is 30.8 Å². The molecule has 0 bridgehead atoms. The fraction of sp³-hybridized carbons (Fsp3) is 0.300. The summed E-state index contributed by atoms with van der Waals surface area (Å²) in [5.41, 5.74) is 0. The van der Waals surface area contributed by atoms with Crippen molar-refractivity contribution in [3.63, 3.8) is 0 Å². The predicted molar refractivity (Wildman–Crippen MR) is 55.6 cm³/mol. The number of halogens is 4. The van der Waals surface area contributed by atoms with Crippen molar-refractivity contribution >= 4 is 15.8 Å². The van der Waals surface area contributed by atoms with Crippen LogP contribution in [-0.2, 0) is 14.6 Å². The Bertz CT molecular complexity index is 579. The van der Waals surface area contributed by atoms with Gasteiger partial charge in [0.25, 0.3) is 0 Å². The van der Waals surface area contributed by atoms with Crippen LogP contribution in [0, 0.1) is 11.7 Å². The third kappa shape index (κ3) is 3.91. The molecule has 0 aliphatic rings. The first-order valence-electron chi connectivity index (χ1n) is 4.82. The van der Waals surface area contributed by atoms with Gasteiger partial charge in [0.05, 0.1) is 10.6 Å². The third-order valence-electron chi connectivity index (χ3n) is 2.23. The van der Waals surface area contributed by atoms with E-state index in [1.807, 2.05) is 0 Å². The first-order valence-corrected chi connectivity index (χ1v) is 6.47. The molecule has 9 heteroatoms. The Morgan fingerprint density at radius 2 is 1.89 bits per heavy atom. The first-order chi connectivity index (χ1) is 8.54. The monoisotopic (exact) mass is 300 g/mol. The molecule has 0 aliphatic heterocycles. The maximum atomic E-state index is 12.8. The average Bonchev–Trinajstić information content (AvgIpc) is 2.24. The molecule has 0 heterocycles. The van der Waals surface area contributed by atoms with Gasteiger partial charge in [0.1, 0.15) is 5.82 Å². The van der Waals surface area contributed by atoms with Gasteiger partial charge < -0.3 is 5.11 Å². The van der Waals surface area contributed by atoms with Crippen molar-refractivity contribution in [1.29, 1.82) is 0 Å². The van der Waals surface area contributed by atoms with E-state index >= 15 is 0 Å². The van der Waals surface area contributed by atoms with Crippen molar-refractivity contribution in [3.8, 4) is 0 Å². The Labute approximate surface area is 105 Å². The summed E-state index contributed by atoms with van der Waals surface area (Å²) >= 11 is 0. The van der Waals surface area contributed by atoms with Crippen LogP contribution in [0.4, 0.5) is 17.6 Å². The topological polar surface area (TPSA) is 71.4 Å². The molecule has 0 aromatic heterocycles. The largest absolute Gasteiger partial charge is 0.481 e. The van der Waals surface area contributed by atoms with Crippen LogP contribution in [0.5, 0.6) is 0 Å². The molecule has 0 spiro atoms. The van der Waals surface area contributed by atoms with Crippen molar-refractivity contribution in [1.82, 2.24) is 0 Å². The van der Waals surface area contributed by atoms with E-state index in [1.165, 1.54) is 0 Å². The van der Waals surface area contributed by atoms with E-state index in [0.717, 1.165) is 18.2 Å². The van der Waals surface area contributed by atoms with Gasteiger partial charge in [-0.2, -0.15) is 13.2 Å². The molecule has 0 radical (unpaired) electrons. The first kappa shape index (κ1) is 15.4. The molecule has 1 aromatic carbocycles. The van der Waals surface area contributed by atoms with Crippen molar-refractivity contribution in [2.75, 3.05) is 5.75 Å². The maximum absolute atomic E-state index is 12.8. The number of rotatable bonds is 4. The number of hydrogen-bond donors (Lipinski definition) is 1. The number of benzene rings is 1. The molecule has 1 aromatic rings. The second-order valence-electron chi connectivity index (χ2n) is 3.67. The molecule has 0 aliphatic carbocycles. The molecule has 0 amide bonds. The summed E-state index contributed by atoms with van der Waals surface area (Å²) in [6.45, 7) is 0. The fourth-order valence-corrected chi connectivity index (χ4v) is 2.82. The van der Waals surface area contributed by atoms with E-state index in [4.69, 9.17) is 5.11 Å². The molecule has 1 rings (SSSR count). The molecular weight excluding hydrogens is 292 g/mol. The number of sulfone groups is 1. The molecule has 0 saturated carbocycles. The van der Waals surface area contributed by atoms with Crippen molar-refractivity contribution in [3.05, 3.63) is 30.1 Å². The van der Waals surface area contributed by atoms with Crippen LogP contribution in [-0.4, -0.2) is 31.4 Å². The van der Waals surface area contributed by atoms with Crippen molar-refractivity contribution < 1.29 is 35.9 Å². The summed E-state index contributed by atoms with van der Waals surface area (Å²) in [7, 11) is -4.55. The number of hydrogen-bond acceptors (Lipinski definition) is 3. The summed E-state index contributed by atoms with van der Waals surface area (Å²) in [4.78, 5) is 9.77. The van der Waals surface area contributed by atoms with E-state index in [0.29, 0.717) is 6.07 Å². The van der Waals surface area contributed by atoms with Crippen LogP contribution >= 0.6 is 0 Å². The van der Waals surface area contributed by atoms with Gasteiger partial charge in [-0.05, 0) is 18.2 Å². The number of carboxylic acids is 1. The average molecular weight is 300 g/mol. The highest BCUT2D eigenvalue weighted by atomic mass is 32.2. The summed E-state index contributed by atoms with van der Waals surface area (Å²) in [5.74, 6) is -7.97. The third-order valence-corrected chi connectivity index (χ3v) is 3.98. The van der Waals surface area contributed by atoms with Crippen LogP contribution in [0.25, 0.3) is 0 Å². The Morgan fingerprint density at radius 1 is 1.32 bits per heavy atom. The number of carbonyl (C=O) groups is 1. The minimum absolute atomic E-state index is 0.532. The van der Waals surface area contributed by atoms with Crippen molar-refractivity contribution in [2.45, 2.75) is 11.1 Å². The molecular formula is C10H8F4O4S. The van der Waals surface area contributed by atoms with Crippen LogP contribution in [0.2, 0.25) is 0 Å². The molecule has 1 N–H and O–H groups in total. The van der Waals surface area contributed by atoms with Gasteiger partial charge >= 0.3 is 12.1 Å². The van der Waals surface area contributed by atoms with Crippen LogP contribution < -0.4 is 0 Å². The zero-order valence-corrected chi connectivity index (χ0v) is 10.0. The molecule has 19 heavy (non-hydrogen) atoms. The standard InChI is InChI=1S/C10H8F4O4S/c11-6-2-1-3-7(4-6)19(17,18)5-8(9(15)16)10(12,13)14/h1-4,8H,5H2,(H,15,16). The van der Waals surface area contributed by atoms with Crippen LogP contribution in [0.15, 0.2) is 29.2 Å². The number of aliphatic carboxylic acids is 1. The predicted octanol–water partition coefficient (Wildman–Crippen LogP) is 1.86. The lowest BCUT2D eigenvalue weighted by molar-refractivity contribution is -0.189. The highest BCUT2D eigenvalue weighted by Crippen LogP contribution is 2.29. The Hall–Kier alpha value is -1.64. The van der Waals surface area contributed by atoms with E-state index in [-0.39, 0.29) is 0 Å². The smallest absolute Gasteiger partial charge is 0.403 e. The summed E-state index contributed by atoms with van der Waals surface area (Å²) in [6, 6.07) is 3.35. The van der Waals surface area contributed by atoms with Gasteiger partial charge in [0, 0.05) is 0 Å². The summed E-state index contributed by atoms with van der Waals surface area (Å²) < 4.78 is 73.2. The second kappa shape index (κ2) is 5.16. The molecule has 0 saturated heterocycles. The van der Waals surface area contributed by atoms with Crippen LogP contribution in [0.1, 0.15) is 0 Å². The fourth-order valence-electron chi connectivity index (χ4n) is 1.28. The van der Waals surface area contributed by atoms with Gasteiger partial charge in [-0.3, -0.25) is 4.79 Å². The molecule has 4 nitrogen and oxygen atoms in total. The Balaban J connectivity index is 3.12. The SMILES string of the molecule is O=C(O)C(CS(=O)(=O)c1cccc(F)c1)C(F)(F)F. The minimum atomic E-state index is -5.20. The van der Waals surface area contributed by atoms with Crippen LogP contribution in [0.3, 0.4) is 0 Å².